The van der Waals surface area contributed by atoms with Crippen molar-refractivity contribution in [2.45, 2.75) is 13.1 Å². The Morgan fingerprint density at radius 2 is 2.17 bits per heavy atom. The molecule has 0 saturated heterocycles. The fourth-order valence-electron chi connectivity index (χ4n) is 1.49. The van der Waals surface area contributed by atoms with E-state index in [4.69, 9.17) is 10.3 Å². The third-order valence-corrected chi connectivity index (χ3v) is 2.35. The lowest BCUT2D eigenvalue weighted by Gasteiger charge is -2.06. The lowest BCUT2D eigenvalue weighted by molar-refractivity contribution is 0.251. The molecule has 1 aromatic heterocycles. The molecule has 94 valence electrons. The van der Waals surface area contributed by atoms with Crippen molar-refractivity contribution >= 4 is 11.9 Å². The maximum Gasteiger partial charge on any atom is 0.321 e. The van der Waals surface area contributed by atoms with Crippen LogP contribution in [0.5, 0.6) is 0 Å². The summed E-state index contributed by atoms with van der Waals surface area (Å²) in [4.78, 5) is 11.5. The molecule has 6 heteroatoms. The van der Waals surface area contributed by atoms with Crippen molar-refractivity contribution in [3.63, 3.8) is 0 Å². The van der Waals surface area contributed by atoms with Gasteiger partial charge in [0.1, 0.15) is 0 Å². The van der Waals surface area contributed by atoms with Crippen molar-refractivity contribution in [1.29, 1.82) is 0 Å². The Kier molecular flexibility index (Phi) is 3.93. The van der Waals surface area contributed by atoms with Gasteiger partial charge in [-0.3, -0.25) is 5.32 Å². The van der Waals surface area contributed by atoms with Crippen LogP contribution in [-0.2, 0) is 13.1 Å². The second-order valence-electron chi connectivity index (χ2n) is 3.71. The van der Waals surface area contributed by atoms with Gasteiger partial charge in [0.05, 0.1) is 6.20 Å². The minimum absolute atomic E-state index is 0.309. The van der Waals surface area contributed by atoms with E-state index in [1.165, 1.54) is 6.20 Å². The zero-order chi connectivity index (χ0) is 12.8. The molecule has 0 aliphatic heterocycles. The van der Waals surface area contributed by atoms with Gasteiger partial charge in [-0.05, 0) is 11.1 Å². The number of aromatic nitrogens is 1. The number of nitrogens with zero attached hydrogens (tertiary/aromatic N) is 1. The van der Waals surface area contributed by atoms with E-state index in [-0.39, 0.29) is 6.03 Å². The molecule has 0 aliphatic carbocycles. The molecule has 6 nitrogen and oxygen atoms in total. The topological polar surface area (TPSA) is 93.2 Å². The number of anilines is 1. The highest BCUT2D eigenvalue weighted by Gasteiger charge is 2.04. The Morgan fingerprint density at radius 1 is 1.33 bits per heavy atom. The number of urea groups is 1. The summed E-state index contributed by atoms with van der Waals surface area (Å²) in [6.45, 7) is 0.909. The molecule has 0 spiro atoms. The molecule has 2 rings (SSSR count). The zero-order valence-electron chi connectivity index (χ0n) is 9.72. The monoisotopic (exact) mass is 246 g/mol. The number of rotatable bonds is 4. The number of nitrogens with one attached hydrogen (secondary N) is 2. The highest BCUT2D eigenvalue weighted by Crippen LogP contribution is 2.05. The van der Waals surface area contributed by atoms with E-state index in [0.717, 1.165) is 11.1 Å². The zero-order valence-corrected chi connectivity index (χ0v) is 9.72. The van der Waals surface area contributed by atoms with Gasteiger partial charge in [-0.1, -0.05) is 29.4 Å². The van der Waals surface area contributed by atoms with Crippen LogP contribution in [0.4, 0.5) is 10.7 Å². The summed E-state index contributed by atoms with van der Waals surface area (Å²) in [5.41, 5.74) is 7.57. The molecule has 1 aromatic carbocycles. The van der Waals surface area contributed by atoms with E-state index in [0.29, 0.717) is 19.0 Å². The largest absolute Gasteiger partial charge is 0.338 e. The Bertz CT molecular complexity index is 511. The Morgan fingerprint density at radius 3 is 2.89 bits per heavy atom. The van der Waals surface area contributed by atoms with Gasteiger partial charge in [-0.15, -0.1) is 0 Å². The van der Waals surface area contributed by atoms with Gasteiger partial charge < -0.3 is 15.6 Å². The molecule has 0 radical (unpaired) electrons. The molecule has 0 unspecified atom stereocenters. The summed E-state index contributed by atoms with van der Waals surface area (Å²) in [5.74, 6) is 0.309. The van der Waals surface area contributed by atoms with Crippen LogP contribution in [0.1, 0.15) is 11.1 Å². The number of hydrogen-bond donors (Lipinski definition) is 3. The molecule has 0 aliphatic rings. The van der Waals surface area contributed by atoms with Crippen molar-refractivity contribution < 1.29 is 9.32 Å². The number of carbonyl (C=O) groups is 1. The lowest BCUT2D eigenvalue weighted by Crippen LogP contribution is -2.28. The summed E-state index contributed by atoms with van der Waals surface area (Å²) < 4.78 is 4.75. The minimum atomic E-state index is -0.343. The Hall–Kier alpha value is -2.34. The van der Waals surface area contributed by atoms with Gasteiger partial charge in [0, 0.05) is 19.2 Å². The van der Waals surface area contributed by atoms with Crippen molar-refractivity contribution in [1.82, 2.24) is 10.5 Å². The first kappa shape index (κ1) is 12.1. The molecule has 18 heavy (non-hydrogen) atoms. The van der Waals surface area contributed by atoms with Crippen molar-refractivity contribution in [2.24, 2.45) is 5.73 Å². The summed E-state index contributed by atoms with van der Waals surface area (Å²) in [6, 6.07) is 8.95. The number of benzene rings is 1. The maximum absolute atomic E-state index is 11.5. The molecule has 1 heterocycles. The molecule has 0 fully saturated rings. The number of amides is 2. The predicted molar refractivity (Wildman–Crippen MR) is 66.7 cm³/mol. The first-order valence-electron chi connectivity index (χ1n) is 5.51. The van der Waals surface area contributed by atoms with E-state index in [9.17, 15) is 4.79 Å². The normalized spacial score (nSPS) is 10.1. The fraction of sp³-hybridized carbons (Fsp3) is 0.167. The van der Waals surface area contributed by atoms with E-state index in [1.807, 2.05) is 24.3 Å². The van der Waals surface area contributed by atoms with Crippen LogP contribution < -0.4 is 16.4 Å². The van der Waals surface area contributed by atoms with Crippen LogP contribution in [0.3, 0.4) is 0 Å². The summed E-state index contributed by atoms with van der Waals surface area (Å²) in [7, 11) is 0. The first-order chi connectivity index (χ1) is 8.78. The molecule has 0 atom stereocenters. The van der Waals surface area contributed by atoms with Gasteiger partial charge >= 0.3 is 6.03 Å². The van der Waals surface area contributed by atoms with Crippen LogP contribution in [0.15, 0.2) is 41.1 Å². The SMILES string of the molecule is NCc1cccc(CNC(=O)Nc2ccno2)c1. The Labute approximate surface area is 104 Å². The second kappa shape index (κ2) is 5.83. The number of carbonyl (C=O) groups excluding carboxylic acids is 1. The quantitative estimate of drug-likeness (QED) is 0.761. The summed E-state index contributed by atoms with van der Waals surface area (Å²) in [6.07, 6.45) is 1.46. The number of nitrogens with two attached hydrogens (primary N) is 1. The fourth-order valence-corrected chi connectivity index (χ4v) is 1.49. The molecule has 0 bridgehead atoms. The van der Waals surface area contributed by atoms with Crippen molar-refractivity contribution in [3.8, 4) is 0 Å². The van der Waals surface area contributed by atoms with Crippen LogP contribution in [0.2, 0.25) is 0 Å². The van der Waals surface area contributed by atoms with Crippen LogP contribution >= 0.6 is 0 Å². The molecular weight excluding hydrogens is 232 g/mol. The van der Waals surface area contributed by atoms with Crippen LogP contribution in [0.25, 0.3) is 0 Å². The molecule has 4 N–H and O–H groups in total. The van der Waals surface area contributed by atoms with Crippen molar-refractivity contribution in [3.05, 3.63) is 47.7 Å². The predicted octanol–water partition coefficient (Wildman–Crippen LogP) is 1.46. The molecular formula is C12H14N4O2. The van der Waals surface area contributed by atoms with Crippen LogP contribution in [0, 0.1) is 0 Å². The van der Waals surface area contributed by atoms with Gasteiger partial charge in [0.15, 0.2) is 0 Å². The molecule has 2 aromatic rings. The van der Waals surface area contributed by atoms with Gasteiger partial charge in [-0.2, -0.15) is 0 Å². The van der Waals surface area contributed by atoms with E-state index < -0.39 is 0 Å². The smallest absolute Gasteiger partial charge is 0.321 e. The average molecular weight is 246 g/mol. The van der Waals surface area contributed by atoms with Crippen LogP contribution in [-0.4, -0.2) is 11.2 Å². The molecule has 2 amide bonds. The lowest BCUT2D eigenvalue weighted by atomic mass is 10.1. The average Bonchev–Trinajstić information content (AvgIpc) is 2.89. The second-order valence-corrected chi connectivity index (χ2v) is 3.71. The van der Waals surface area contributed by atoms with Crippen molar-refractivity contribution in [2.75, 3.05) is 5.32 Å². The third kappa shape index (κ3) is 3.33. The minimum Gasteiger partial charge on any atom is -0.338 e. The highest BCUT2D eigenvalue weighted by molar-refractivity contribution is 5.87. The number of hydrogen-bond acceptors (Lipinski definition) is 4. The maximum atomic E-state index is 11.5. The summed E-state index contributed by atoms with van der Waals surface area (Å²) >= 11 is 0. The van der Waals surface area contributed by atoms with Gasteiger partial charge in [-0.25, -0.2) is 4.79 Å². The Balaban J connectivity index is 1.85. The third-order valence-electron chi connectivity index (χ3n) is 2.35. The highest BCUT2D eigenvalue weighted by atomic mass is 16.5. The van der Waals surface area contributed by atoms with Gasteiger partial charge in [0.2, 0.25) is 5.88 Å². The van der Waals surface area contributed by atoms with E-state index in [2.05, 4.69) is 15.8 Å². The van der Waals surface area contributed by atoms with Gasteiger partial charge in [0.25, 0.3) is 0 Å². The van der Waals surface area contributed by atoms with E-state index in [1.54, 1.807) is 6.07 Å². The summed E-state index contributed by atoms with van der Waals surface area (Å²) in [5, 5.41) is 8.71. The first-order valence-corrected chi connectivity index (χ1v) is 5.51. The molecule has 0 saturated carbocycles. The van der Waals surface area contributed by atoms with E-state index >= 15 is 0 Å². The standard InChI is InChI=1S/C12H14N4O2/c13-7-9-2-1-3-10(6-9)8-14-12(17)16-11-4-5-15-18-11/h1-6H,7-8,13H2,(H2,14,16,17).